The molecule has 8 heteroatoms. The van der Waals surface area contributed by atoms with Gasteiger partial charge in [-0.3, -0.25) is 13.9 Å². The van der Waals surface area contributed by atoms with Gasteiger partial charge in [-0.1, -0.05) is 31.2 Å². The van der Waals surface area contributed by atoms with Gasteiger partial charge in [0.2, 0.25) is 15.9 Å². The van der Waals surface area contributed by atoms with Crippen LogP contribution >= 0.6 is 0 Å². The van der Waals surface area contributed by atoms with Crippen LogP contribution in [0.1, 0.15) is 54.6 Å². The van der Waals surface area contributed by atoms with Crippen molar-refractivity contribution in [1.82, 2.24) is 5.32 Å². The summed E-state index contributed by atoms with van der Waals surface area (Å²) in [5.74, 6) is -0.517. The van der Waals surface area contributed by atoms with Crippen molar-refractivity contribution >= 4 is 33.2 Å². The highest BCUT2D eigenvalue weighted by Gasteiger charge is 2.20. The normalized spacial score (nSPS) is 12.2. The Labute approximate surface area is 191 Å². The number of aryl methyl sites for hydroxylation is 1. The number of carbonyl (C=O) groups is 2. The van der Waals surface area contributed by atoms with E-state index in [0.29, 0.717) is 23.4 Å². The molecular formula is C24H33N3O4S. The molecule has 2 aromatic carbocycles. The zero-order valence-corrected chi connectivity index (χ0v) is 20.3. The molecule has 2 amide bonds. The number of benzene rings is 2. The third kappa shape index (κ3) is 6.82. The topological polar surface area (TPSA) is 95.6 Å². The molecule has 2 rings (SSSR count). The first-order valence-corrected chi connectivity index (χ1v) is 12.6. The van der Waals surface area contributed by atoms with Crippen LogP contribution in [-0.4, -0.2) is 39.1 Å². The highest BCUT2D eigenvalue weighted by Crippen LogP contribution is 2.25. The van der Waals surface area contributed by atoms with E-state index in [-0.39, 0.29) is 30.8 Å². The summed E-state index contributed by atoms with van der Waals surface area (Å²) >= 11 is 0. The van der Waals surface area contributed by atoms with Gasteiger partial charge in [-0.2, -0.15) is 0 Å². The average molecular weight is 460 g/mol. The van der Waals surface area contributed by atoms with E-state index >= 15 is 0 Å². The summed E-state index contributed by atoms with van der Waals surface area (Å²) in [7, 11) is -3.50. The van der Waals surface area contributed by atoms with E-state index < -0.39 is 10.0 Å². The molecule has 0 aliphatic rings. The standard InChI is InChI=1S/C24H33N3O4S/c1-6-18(3)25-24(29)20-12-7-8-13-21(20)26-23(28)15-10-16-27(32(5,30)31)22-14-9-11-17(2)19(22)4/h7-9,11-14,18H,6,10,15-16H2,1-5H3,(H,25,29)(H,26,28)/t18-/m0/s1. The van der Waals surface area contributed by atoms with Crippen molar-refractivity contribution in [3.8, 4) is 0 Å². The van der Waals surface area contributed by atoms with Gasteiger partial charge in [-0.25, -0.2) is 8.42 Å². The highest BCUT2D eigenvalue weighted by molar-refractivity contribution is 7.92. The number of rotatable bonds is 10. The molecule has 0 saturated heterocycles. The Morgan fingerprint density at radius 2 is 1.75 bits per heavy atom. The minimum atomic E-state index is -3.50. The third-order valence-corrected chi connectivity index (χ3v) is 6.63. The van der Waals surface area contributed by atoms with Gasteiger partial charge in [0.15, 0.2) is 0 Å². The van der Waals surface area contributed by atoms with Crippen LogP contribution in [0.4, 0.5) is 11.4 Å². The van der Waals surface area contributed by atoms with Crippen LogP contribution in [0, 0.1) is 13.8 Å². The molecular weight excluding hydrogens is 426 g/mol. The first-order valence-electron chi connectivity index (χ1n) is 10.8. The number of para-hydroxylation sites is 1. The molecule has 7 nitrogen and oxygen atoms in total. The summed E-state index contributed by atoms with van der Waals surface area (Å²) in [6, 6.07) is 12.4. The molecule has 0 spiro atoms. The second-order valence-electron chi connectivity index (χ2n) is 8.03. The van der Waals surface area contributed by atoms with Gasteiger partial charge in [0, 0.05) is 19.0 Å². The lowest BCUT2D eigenvalue weighted by atomic mass is 10.1. The first-order chi connectivity index (χ1) is 15.0. The van der Waals surface area contributed by atoms with Crippen LogP contribution in [0.3, 0.4) is 0 Å². The van der Waals surface area contributed by atoms with Crippen molar-refractivity contribution in [1.29, 1.82) is 0 Å². The van der Waals surface area contributed by atoms with Crippen molar-refractivity contribution in [2.45, 2.75) is 53.0 Å². The zero-order chi connectivity index (χ0) is 23.9. The molecule has 174 valence electrons. The molecule has 2 aromatic rings. The Hall–Kier alpha value is -2.87. The van der Waals surface area contributed by atoms with E-state index in [1.54, 1.807) is 30.3 Å². The number of sulfonamides is 1. The van der Waals surface area contributed by atoms with Crippen LogP contribution in [0.25, 0.3) is 0 Å². The van der Waals surface area contributed by atoms with E-state index in [4.69, 9.17) is 0 Å². The van der Waals surface area contributed by atoms with Crippen molar-refractivity contribution < 1.29 is 18.0 Å². The summed E-state index contributed by atoms with van der Waals surface area (Å²) in [5.41, 5.74) is 3.35. The van der Waals surface area contributed by atoms with Gasteiger partial charge in [-0.15, -0.1) is 0 Å². The Kier molecular flexibility index (Phi) is 8.83. The second-order valence-corrected chi connectivity index (χ2v) is 9.94. The summed E-state index contributed by atoms with van der Waals surface area (Å²) in [6.07, 6.45) is 2.43. The SMILES string of the molecule is CC[C@H](C)NC(=O)c1ccccc1NC(=O)CCCN(c1cccc(C)c1C)S(C)(=O)=O. The van der Waals surface area contributed by atoms with Crippen LogP contribution in [0.2, 0.25) is 0 Å². The lowest BCUT2D eigenvalue weighted by molar-refractivity contribution is -0.116. The maximum absolute atomic E-state index is 12.5. The minimum Gasteiger partial charge on any atom is -0.350 e. The van der Waals surface area contributed by atoms with Gasteiger partial charge in [-0.05, 0) is 62.9 Å². The maximum Gasteiger partial charge on any atom is 0.253 e. The molecule has 0 aliphatic carbocycles. The Morgan fingerprint density at radius 1 is 1.06 bits per heavy atom. The summed E-state index contributed by atoms with van der Waals surface area (Å²) in [4.78, 5) is 25.1. The number of nitrogens with zero attached hydrogens (tertiary/aromatic N) is 1. The van der Waals surface area contributed by atoms with Gasteiger partial charge in [0.05, 0.1) is 23.2 Å². The maximum atomic E-state index is 12.5. The molecule has 0 saturated carbocycles. The van der Waals surface area contributed by atoms with E-state index in [9.17, 15) is 18.0 Å². The molecule has 0 radical (unpaired) electrons. The van der Waals surface area contributed by atoms with Gasteiger partial charge >= 0.3 is 0 Å². The largest absolute Gasteiger partial charge is 0.350 e. The fourth-order valence-electron chi connectivity index (χ4n) is 3.26. The number of amides is 2. The molecule has 32 heavy (non-hydrogen) atoms. The Bertz CT molecular complexity index is 1070. The van der Waals surface area contributed by atoms with Crippen LogP contribution in [0.15, 0.2) is 42.5 Å². The summed E-state index contributed by atoms with van der Waals surface area (Å²) in [5, 5.41) is 5.69. The molecule has 1 atom stereocenters. The highest BCUT2D eigenvalue weighted by atomic mass is 32.2. The van der Waals surface area contributed by atoms with Crippen molar-refractivity contribution in [2.24, 2.45) is 0 Å². The molecule has 2 N–H and O–H groups in total. The second kappa shape index (κ2) is 11.1. The summed E-state index contributed by atoms with van der Waals surface area (Å²) in [6.45, 7) is 7.91. The Balaban J connectivity index is 2.05. The predicted octanol–water partition coefficient (Wildman–Crippen LogP) is 4.02. The van der Waals surface area contributed by atoms with Crippen LogP contribution in [-0.2, 0) is 14.8 Å². The number of nitrogens with one attached hydrogen (secondary N) is 2. The van der Waals surface area contributed by atoms with Crippen LogP contribution < -0.4 is 14.9 Å². The fourth-order valence-corrected chi connectivity index (χ4v) is 4.28. The molecule has 0 fully saturated rings. The number of hydrogen-bond donors (Lipinski definition) is 2. The monoisotopic (exact) mass is 459 g/mol. The first kappa shape index (κ1) is 25.4. The molecule has 0 unspecified atom stereocenters. The van der Waals surface area contributed by atoms with Crippen molar-refractivity contribution in [2.75, 3.05) is 22.4 Å². The number of hydrogen-bond acceptors (Lipinski definition) is 4. The van der Waals surface area contributed by atoms with Crippen molar-refractivity contribution in [3.63, 3.8) is 0 Å². The molecule has 0 aliphatic heterocycles. The van der Waals surface area contributed by atoms with E-state index in [1.165, 1.54) is 10.6 Å². The van der Waals surface area contributed by atoms with Crippen molar-refractivity contribution in [3.05, 3.63) is 59.2 Å². The lowest BCUT2D eigenvalue weighted by Crippen LogP contribution is -2.33. The average Bonchev–Trinajstić information content (AvgIpc) is 2.73. The number of anilines is 2. The van der Waals surface area contributed by atoms with Gasteiger partial charge < -0.3 is 10.6 Å². The predicted molar refractivity (Wildman–Crippen MR) is 130 cm³/mol. The van der Waals surface area contributed by atoms with E-state index in [2.05, 4.69) is 10.6 Å². The van der Waals surface area contributed by atoms with E-state index in [0.717, 1.165) is 17.5 Å². The molecule has 0 aromatic heterocycles. The third-order valence-electron chi connectivity index (χ3n) is 5.45. The molecule has 0 heterocycles. The minimum absolute atomic E-state index is 0.0262. The van der Waals surface area contributed by atoms with E-state index in [1.807, 2.05) is 39.8 Å². The number of carbonyl (C=O) groups excluding carboxylic acids is 2. The Morgan fingerprint density at radius 3 is 2.41 bits per heavy atom. The quantitative estimate of drug-likeness (QED) is 0.561. The van der Waals surface area contributed by atoms with Crippen LogP contribution in [0.5, 0.6) is 0 Å². The summed E-state index contributed by atoms with van der Waals surface area (Å²) < 4.78 is 26.1. The van der Waals surface area contributed by atoms with Gasteiger partial charge in [0.25, 0.3) is 5.91 Å². The zero-order valence-electron chi connectivity index (χ0n) is 19.4. The van der Waals surface area contributed by atoms with Gasteiger partial charge in [0.1, 0.15) is 0 Å². The smallest absolute Gasteiger partial charge is 0.253 e. The lowest BCUT2D eigenvalue weighted by Gasteiger charge is -2.25. The fraction of sp³-hybridized carbons (Fsp3) is 0.417. The molecule has 0 bridgehead atoms.